The first kappa shape index (κ1) is 19.2. The summed E-state index contributed by atoms with van der Waals surface area (Å²) in [6, 6.07) is 7.02. The summed E-state index contributed by atoms with van der Waals surface area (Å²) in [4.78, 5) is 16.3. The number of halogens is 1. The highest BCUT2D eigenvalue weighted by Crippen LogP contribution is 2.28. The molecule has 1 N–H and O–H groups in total. The molecule has 3 aromatic heterocycles. The first-order valence-electron chi connectivity index (χ1n) is 8.97. The molecule has 0 aliphatic carbocycles. The third-order valence-electron chi connectivity index (χ3n) is 3.92. The van der Waals surface area contributed by atoms with E-state index in [1.165, 1.54) is 0 Å². The normalized spacial score (nSPS) is 11.6. The van der Waals surface area contributed by atoms with Crippen molar-refractivity contribution in [1.29, 1.82) is 0 Å². The Balaban J connectivity index is 1.90. The van der Waals surface area contributed by atoms with Crippen molar-refractivity contribution in [3.63, 3.8) is 0 Å². The highest BCUT2D eigenvalue weighted by Gasteiger charge is 2.14. The highest BCUT2D eigenvalue weighted by molar-refractivity contribution is 6.33. The molecule has 0 radical (unpaired) electrons. The Morgan fingerprint density at radius 2 is 2.00 bits per heavy atom. The van der Waals surface area contributed by atoms with Crippen molar-refractivity contribution in [2.75, 3.05) is 5.32 Å². The molecule has 0 atom stereocenters. The second kappa shape index (κ2) is 7.56. The minimum absolute atomic E-state index is 0.0119. The molecule has 0 amide bonds. The first-order valence-corrected chi connectivity index (χ1v) is 9.35. The molecular weight excluding hydrogens is 362 g/mol. The van der Waals surface area contributed by atoms with E-state index in [0.717, 1.165) is 29.2 Å². The van der Waals surface area contributed by atoms with E-state index in [9.17, 15) is 4.79 Å². The summed E-state index contributed by atoms with van der Waals surface area (Å²) in [5, 5.41) is 8.49. The fourth-order valence-electron chi connectivity index (χ4n) is 2.75. The van der Waals surface area contributed by atoms with Gasteiger partial charge in [-0.25, -0.2) is 9.67 Å². The number of aryl methyl sites for hydroxylation is 1. The lowest BCUT2D eigenvalue weighted by Gasteiger charge is -2.21. The summed E-state index contributed by atoms with van der Waals surface area (Å²) in [5.74, 6) is 0.724. The van der Waals surface area contributed by atoms with Crippen molar-refractivity contribution in [3.8, 4) is 16.9 Å². The number of hydrogen-bond donors (Lipinski definition) is 1. The Labute approximate surface area is 163 Å². The Morgan fingerprint density at radius 3 is 2.67 bits per heavy atom. The van der Waals surface area contributed by atoms with Gasteiger partial charge >= 0.3 is 0 Å². The summed E-state index contributed by atoms with van der Waals surface area (Å²) in [5.41, 5.74) is 2.20. The summed E-state index contributed by atoms with van der Waals surface area (Å²) in [6.45, 7) is 8.92. The molecule has 0 aliphatic rings. The maximum absolute atomic E-state index is 11.9. The van der Waals surface area contributed by atoms with Gasteiger partial charge in [0.25, 0.3) is 5.56 Å². The SMILES string of the molecule is CCCn1cc(-n2ccc(-c3cnc(NC(C)(C)C)cc3Cl)n2)ccc1=O. The molecule has 0 spiro atoms. The monoisotopic (exact) mass is 385 g/mol. The molecule has 3 heterocycles. The van der Waals surface area contributed by atoms with Crippen LogP contribution in [0.5, 0.6) is 0 Å². The minimum Gasteiger partial charge on any atom is -0.365 e. The van der Waals surface area contributed by atoms with Gasteiger partial charge in [-0.3, -0.25) is 4.79 Å². The first-order chi connectivity index (χ1) is 12.8. The predicted molar refractivity (Wildman–Crippen MR) is 110 cm³/mol. The smallest absolute Gasteiger partial charge is 0.250 e. The summed E-state index contributed by atoms with van der Waals surface area (Å²) >= 11 is 6.46. The van der Waals surface area contributed by atoms with Gasteiger partial charge in [0.2, 0.25) is 0 Å². The number of nitrogens with one attached hydrogen (secondary N) is 1. The van der Waals surface area contributed by atoms with Crippen LogP contribution in [0.4, 0.5) is 5.82 Å². The van der Waals surface area contributed by atoms with Crippen molar-refractivity contribution in [2.24, 2.45) is 0 Å². The van der Waals surface area contributed by atoms with Crippen LogP contribution in [0.15, 0.2) is 47.7 Å². The number of anilines is 1. The fraction of sp³-hybridized carbons (Fsp3) is 0.350. The highest BCUT2D eigenvalue weighted by atomic mass is 35.5. The zero-order chi connectivity index (χ0) is 19.6. The van der Waals surface area contributed by atoms with Crippen LogP contribution >= 0.6 is 11.6 Å². The molecular formula is C20H24ClN5O. The van der Waals surface area contributed by atoms with E-state index in [0.29, 0.717) is 11.6 Å². The van der Waals surface area contributed by atoms with Crippen LogP contribution < -0.4 is 10.9 Å². The lowest BCUT2D eigenvalue weighted by molar-refractivity contribution is 0.630. The second-order valence-electron chi connectivity index (χ2n) is 7.49. The van der Waals surface area contributed by atoms with Crippen molar-refractivity contribution in [1.82, 2.24) is 19.3 Å². The van der Waals surface area contributed by atoms with Gasteiger partial charge in [0, 0.05) is 42.3 Å². The van der Waals surface area contributed by atoms with E-state index in [1.54, 1.807) is 27.6 Å². The molecule has 0 bridgehead atoms. The quantitative estimate of drug-likeness (QED) is 0.708. The number of aromatic nitrogens is 4. The Kier molecular flexibility index (Phi) is 5.37. The maximum atomic E-state index is 11.9. The molecule has 0 saturated heterocycles. The molecule has 6 nitrogen and oxygen atoms in total. The average Bonchev–Trinajstić information content (AvgIpc) is 3.05. The number of hydrogen-bond acceptors (Lipinski definition) is 4. The third kappa shape index (κ3) is 4.57. The maximum Gasteiger partial charge on any atom is 0.250 e. The van der Waals surface area contributed by atoms with Crippen molar-refractivity contribution >= 4 is 17.4 Å². The van der Waals surface area contributed by atoms with E-state index < -0.39 is 0 Å². The van der Waals surface area contributed by atoms with Gasteiger partial charge < -0.3 is 9.88 Å². The average molecular weight is 386 g/mol. The molecule has 142 valence electrons. The molecule has 0 unspecified atom stereocenters. The number of rotatable bonds is 5. The summed E-state index contributed by atoms with van der Waals surface area (Å²) in [7, 11) is 0. The van der Waals surface area contributed by atoms with Gasteiger partial charge in [0.1, 0.15) is 5.82 Å². The molecule has 0 saturated carbocycles. The van der Waals surface area contributed by atoms with Crippen LogP contribution in [-0.2, 0) is 6.54 Å². The van der Waals surface area contributed by atoms with Crippen LogP contribution in [0.3, 0.4) is 0 Å². The van der Waals surface area contributed by atoms with Crippen LogP contribution in [-0.4, -0.2) is 24.9 Å². The molecule has 7 heteroatoms. The fourth-order valence-corrected chi connectivity index (χ4v) is 3.00. The minimum atomic E-state index is -0.0962. The van der Waals surface area contributed by atoms with Crippen molar-refractivity contribution in [2.45, 2.75) is 46.2 Å². The van der Waals surface area contributed by atoms with Gasteiger partial charge in [0.15, 0.2) is 0 Å². The Hall–Kier alpha value is -2.60. The summed E-state index contributed by atoms with van der Waals surface area (Å²) < 4.78 is 3.43. The Morgan fingerprint density at radius 1 is 1.22 bits per heavy atom. The zero-order valence-electron chi connectivity index (χ0n) is 16.0. The van der Waals surface area contributed by atoms with E-state index in [4.69, 9.17) is 11.6 Å². The van der Waals surface area contributed by atoms with Crippen LogP contribution in [0.25, 0.3) is 16.9 Å². The second-order valence-corrected chi connectivity index (χ2v) is 7.90. The molecule has 0 fully saturated rings. The molecule has 3 aromatic rings. The van der Waals surface area contributed by atoms with E-state index in [2.05, 4.69) is 36.2 Å². The summed E-state index contributed by atoms with van der Waals surface area (Å²) in [6.07, 6.45) is 6.28. The zero-order valence-corrected chi connectivity index (χ0v) is 16.8. The van der Waals surface area contributed by atoms with E-state index in [1.807, 2.05) is 31.5 Å². The van der Waals surface area contributed by atoms with Gasteiger partial charge in [0.05, 0.1) is 16.4 Å². The van der Waals surface area contributed by atoms with Gasteiger partial charge in [-0.05, 0) is 45.4 Å². The van der Waals surface area contributed by atoms with Crippen molar-refractivity contribution < 1.29 is 0 Å². The molecule has 0 aromatic carbocycles. The lowest BCUT2D eigenvalue weighted by Crippen LogP contribution is -2.26. The topological polar surface area (TPSA) is 64.7 Å². The predicted octanol–water partition coefficient (Wildman–Crippen LogP) is 4.37. The molecule has 3 rings (SSSR count). The number of nitrogens with zero attached hydrogens (tertiary/aromatic N) is 4. The number of pyridine rings is 2. The van der Waals surface area contributed by atoms with Gasteiger partial charge in [-0.2, -0.15) is 5.10 Å². The molecule has 27 heavy (non-hydrogen) atoms. The van der Waals surface area contributed by atoms with Crippen LogP contribution in [0.1, 0.15) is 34.1 Å². The largest absolute Gasteiger partial charge is 0.365 e. The third-order valence-corrected chi connectivity index (χ3v) is 4.23. The van der Waals surface area contributed by atoms with Crippen LogP contribution in [0, 0.1) is 0 Å². The Bertz CT molecular complexity index is 1000. The standard InChI is InChI=1S/C20H24ClN5O/c1-5-9-25-13-14(6-7-19(25)27)26-10-8-17(24-26)15-12-22-18(11-16(15)21)23-20(2,3)4/h6-8,10-13H,5,9H2,1-4H3,(H,22,23). The van der Waals surface area contributed by atoms with Gasteiger partial charge in [-0.1, -0.05) is 18.5 Å². The van der Waals surface area contributed by atoms with Gasteiger partial charge in [-0.15, -0.1) is 0 Å². The lowest BCUT2D eigenvalue weighted by atomic mass is 10.1. The van der Waals surface area contributed by atoms with E-state index in [-0.39, 0.29) is 11.1 Å². The van der Waals surface area contributed by atoms with Crippen molar-refractivity contribution in [3.05, 3.63) is 58.2 Å². The molecule has 0 aliphatic heterocycles. The van der Waals surface area contributed by atoms with Crippen LogP contribution in [0.2, 0.25) is 5.02 Å². The van der Waals surface area contributed by atoms with E-state index >= 15 is 0 Å².